The number of nitrogens with zero attached hydrogens (tertiary/aromatic N) is 2. The molecule has 70 valence electrons. The second-order valence-corrected chi connectivity index (χ2v) is 3.30. The van der Waals surface area contributed by atoms with Crippen molar-refractivity contribution in [2.75, 3.05) is 13.1 Å². The van der Waals surface area contributed by atoms with Crippen LogP contribution in [-0.2, 0) is 0 Å². The summed E-state index contributed by atoms with van der Waals surface area (Å²) in [5.41, 5.74) is 0. The molecule has 0 spiro atoms. The van der Waals surface area contributed by atoms with E-state index < -0.39 is 0 Å². The summed E-state index contributed by atoms with van der Waals surface area (Å²) in [6, 6.07) is 0. The van der Waals surface area contributed by atoms with Crippen LogP contribution in [0.5, 0.6) is 0 Å². The van der Waals surface area contributed by atoms with E-state index in [0.717, 1.165) is 25.9 Å². The first-order valence-corrected chi connectivity index (χ1v) is 4.63. The van der Waals surface area contributed by atoms with Gasteiger partial charge >= 0.3 is 0 Å². The Morgan fingerprint density at radius 1 is 1.58 bits per heavy atom. The van der Waals surface area contributed by atoms with Crippen LogP contribution >= 0.6 is 0 Å². The van der Waals surface area contributed by atoms with E-state index in [-0.39, 0.29) is 11.1 Å². The van der Waals surface area contributed by atoms with Gasteiger partial charge in [-0.2, -0.15) is 0 Å². The summed E-state index contributed by atoms with van der Waals surface area (Å²) in [7, 11) is 0. The number of hydrogen-bond acceptors (Lipinski definition) is 3. The van der Waals surface area contributed by atoms with Crippen LogP contribution in [0.25, 0.3) is 0 Å². The second kappa shape index (κ2) is 4.40. The fourth-order valence-corrected chi connectivity index (χ4v) is 1.49. The molecule has 0 aromatic rings. The lowest BCUT2D eigenvalue weighted by Crippen LogP contribution is -2.52. The van der Waals surface area contributed by atoms with Gasteiger partial charge in [0.25, 0.3) is 6.17 Å². The van der Waals surface area contributed by atoms with E-state index in [9.17, 15) is 10.1 Å². The molecule has 0 aromatic heterocycles. The summed E-state index contributed by atoms with van der Waals surface area (Å²) in [5.74, 6) is 0. The first-order chi connectivity index (χ1) is 5.75. The minimum Gasteiger partial charge on any atom is -0.263 e. The van der Waals surface area contributed by atoms with E-state index >= 15 is 0 Å². The molecule has 0 saturated carbocycles. The lowest BCUT2D eigenvalue weighted by atomic mass is 10.1. The Morgan fingerprint density at radius 3 is 2.75 bits per heavy atom. The molecule has 4 nitrogen and oxygen atoms in total. The number of likely N-dealkylation sites (tertiary alicyclic amines) is 1. The fourth-order valence-electron chi connectivity index (χ4n) is 1.49. The molecule has 0 aliphatic carbocycles. The highest BCUT2D eigenvalue weighted by Crippen LogP contribution is 2.18. The van der Waals surface area contributed by atoms with Gasteiger partial charge in [0.1, 0.15) is 0 Å². The molecular weight excluding hydrogens is 156 g/mol. The zero-order valence-corrected chi connectivity index (χ0v) is 7.53. The average molecular weight is 172 g/mol. The monoisotopic (exact) mass is 172 g/mol. The number of unbranched alkanes of at least 4 members (excludes halogenated alkanes) is 2. The van der Waals surface area contributed by atoms with Crippen LogP contribution in [0.4, 0.5) is 0 Å². The van der Waals surface area contributed by atoms with Crippen molar-refractivity contribution >= 4 is 0 Å². The Bertz CT molecular complexity index is 161. The Labute approximate surface area is 72.7 Å². The van der Waals surface area contributed by atoms with Gasteiger partial charge in [-0.1, -0.05) is 19.8 Å². The third-order valence-corrected chi connectivity index (χ3v) is 2.39. The maximum Gasteiger partial charge on any atom is 0.269 e. The van der Waals surface area contributed by atoms with Gasteiger partial charge in [0.15, 0.2) is 0 Å². The van der Waals surface area contributed by atoms with Crippen molar-refractivity contribution in [1.29, 1.82) is 0 Å². The predicted octanol–water partition coefficient (Wildman–Crippen LogP) is 1.49. The summed E-state index contributed by atoms with van der Waals surface area (Å²) in [5, 5.41) is 10.4. The Hall–Kier alpha value is -0.640. The third kappa shape index (κ3) is 2.17. The average Bonchev–Trinajstić information content (AvgIpc) is 1.94. The number of rotatable bonds is 5. The highest BCUT2D eigenvalue weighted by atomic mass is 16.6. The zero-order chi connectivity index (χ0) is 8.97. The van der Waals surface area contributed by atoms with Crippen molar-refractivity contribution in [3.05, 3.63) is 10.1 Å². The third-order valence-electron chi connectivity index (χ3n) is 2.39. The smallest absolute Gasteiger partial charge is 0.263 e. The molecule has 1 saturated heterocycles. The van der Waals surface area contributed by atoms with Crippen LogP contribution in [-0.4, -0.2) is 29.1 Å². The Kier molecular flexibility index (Phi) is 3.47. The van der Waals surface area contributed by atoms with Gasteiger partial charge in [-0.15, -0.1) is 0 Å². The summed E-state index contributed by atoms with van der Waals surface area (Å²) < 4.78 is 0. The SMILES string of the molecule is CCCCCN1CCC1[N+](=O)[O-]. The summed E-state index contributed by atoms with van der Waals surface area (Å²) in [6.07, 6.45) is 3.82. The zero-order valence-electron chi connectivity index (χ0n) is 7.53. The van der Waals surface area contributed by atoms with E-state index in [1.807, 2.05) is 4.90 Å². The maximum absolute atomic E-state index is 10.4. The van der Waals surface area contributed by atoms with Crippen LogP contribution in [0.15, 0.2) is 0 Å². The molecule has 0 radical (unpaired) electrons. The van der Waals surface area contributed by atoms with Crippen molar-refractivity contribution in [1.82, 2.24) is 4.90 Å². The summed E-state index contributed by atoms with van der Waals surface area (Å²) in [6.45, 7) is 3.95. The molecule has 1 aliphatic heterocycles. The lowest BCUT2D eigenvalue weighted by Gasteiger charge is -2.33. The maximum atomic E-state index is 10.4. The molecule has 1 heterocycles. The quantitative estimate of drug-likeness (QED) is 0.358. The van der Waals surface area contributed by atoms with Crippen molar-refractivity contribution in [2.24, 2.45) is 0 Å². The van der Waals surface area contributed by atoms with Crippen molar-refractivity contribution in [2.45, 2.75) is 38.8 Å². The molecule has 0 N–H and O–H groups in total. The van der Waals surface area contributed by atoms with Crippen LogP contribution in [0.2, 0.25) is 0 Å². The van der Waals surface area contributed by atoms with Gasteiger partial charge in [0.05, 0.1) is 0 Å². The second-order valence-electron chi connectivity index (χ2n) is 3.30. The van der Waals surface area contributed by atoms with Crippen LogP contribution in [0, 0.1) is 10.1 Å². The highest BCUT2D eigenvalue weighted by molar-refractivity contribution is 4.73. The van der Waals surface area contributed by atoms with Gasteiger partial charge in [0.2, 0.25) is 0 Å². The molecule has 4 heteroatoms. The van der Waals surface area contributed by atoms with Crippen molar-refractivity contribution in [3.8, 4) is 0 Å². The first-order valence-electron chi connectivity index (χ1n) is 4.63. The van der Waals surface area contributed by atoms with Crippen molar-refractivity contribution < 1.29 is 4.92 Å². The number of hydrogen-bond donors (Lipinski definition) is 0. The van der Waals surface area contributed by atoms with Crippen LogP contribution in [0.3, 0.4) is 0 Å². The fraction of sp³-hybridized carbons (Fsp3) is 1.00. The van der Waals surface area contributed by atoms with E-state index in [4.69, 9.17) is 0 Å². The van der Waals surface area contributed by atoms with Gasteiger partial charge in [-0.05, 0) is 6.42 Å². The summed E-state index contributed by atoms with van der Waals surface area (Å²) in [4.78, 5) is 12.2. The standard InChI is InChI=1S/C8H16N2O2/c1-2-3-4-6-9-7-5-8(9)10(11)12/h8H,2-7H2,1H3. The van der Waals surface area contributed by atoms with Gasteiger partial charge in [-0.25, -0.2) is 4.90 Å². The Balaban J connectivity index is 2.12. The molecule has 0 amide bonds. The van der Waals surface area contributed by atoms with Gasteiger partial charge in [0, 0.05) is 24.4 Å². The van der Waals surface area contributed by atoms with Crippen LogP contribution < -0.4 is 0 Å². The molecule has 12 heavy (non-hydrogen) atoms. The minimum absolute atomic E-state index is 0.171. The molecule has 1 aliphatic rings. The molecular formula is C8H16N2O2. The van der Waals surface area contributed by atoms with Gasteiger partial charge in [-0.3, -0.25) is 10.1 Å². The topological polar surface area (TPSA) is 46.4 Å². The molecule has 1 unspecified atom stereocenters. The van der Waals surface area contributed by atoms with E-state index in [1.165, 1.54) is 12.8 Å². The summed E-state index contributed by atoms with van der Waals surface area (Å²) >= 11 is 0. The molecule has 0 bridgehead atoms. The molecule has 0 aromatic carbocycles. The largest absolute Gasteiger partial charge is 0.269 e. The predicted molar refractivity (Wildman–Crippen MR) is 46.5 cm³/mol. The Morgan fingerprint density at radius 2 is 2.33 bits per heavy atom. The van der Waals surface area contributed by atoms with E-state index in [1.54, 1.807) is 0 Å². The van der Waals surface area contributed by atoms with Crippen molar-refractivity contribution in [3.63, 3.8) is 0 Å². The molecule has 1 rings (SSSR count). The first kappa shape index (κ1) is 9.45. The van der Waals surface area contributed by atoms with Crippen LogP contribution in [0.1, 0.15) is 32.6 Å². The minimum atomic E-state index is -0.373. The molecule has 1 atom stereocenters. The van der Waals surface area contributed by atoms with E-state index in [2.05, 4.69) is 6.92 Å². The highest BCUT2D eigenvalue weighted by Gasteiger charge is 2.36. The lowest BCUT2D eigenvalue weighted by molar-refractivity contribution is -0.568. The van der Waals surface area contributed by atoms with Gasteiger partial charge < -0.3 is 0 Å². The van der Waals surface area contributed by atoms with E-state index in [0.29, 0.717) is 0 Å². The molecule has 1 fully saturated rings. The normalized spacial score (nSPS) is 23.6. The number of nitro groups is 1.